The molecule has 3 aromatic heterocycles. The van der Waals surface area contributed by atoms with Gasteiger partial charge in [0.25, 0.3) is 0 Å². The van der Waals surface area contributed by atoms with Crippen LogP contribution in [0.2, 0.25) is 0 Å². The van der Waals surface area contributed by atoms with Gasteiger partial charge in [-0.3, -0.25) is 9.20 Å². The van der Waals surface area contributed by atoms with Crippen molar-refractivity contribution >= 4 is 28.0 Å². The number of amides is 1. The van der Waals surface area contributed by atoms with Crippen LogP contribution in [0.4, 0.5) is 10.2 Å². The lowest BCUT2D eigenvalue weighted by Crippen LogP contribution is -2.14. The summed E-state index contributed by atoms with van der Waals surface area (Å²) in [5, 5.41) is 8.77. The first kappa shape index (κ1) is 17.4. The van der Waals surface area contributed by atoms with Crippen molar-refractivity contribution in [2.75, 3.05) is 5.32 Å². The first-order valence-corrected chi connectivity index (χ1v) is 9.34. The quantitative estimate of drug-likeness (QED) is 0.554. The number of carbonyl (C=O) groups excluding carboxylic acids is 1. The number of fused-ring (bicyclic) bond motifs is 1. The molecule has 0 radical (unpaired) electrons. The molecule has 0 spiro atoms. The monoisotopic (exact) mass is 384 g/mol. The molecule has 1 N–H and O–H groups in total. The van der Waals surface area contributed by atoms with Crippen LogP contribution >= 0.6 is 11.3 Å². The maximum atomic E-state index is 13.3. The van der Waals surface area contributed by atoms with Gasteiger partial charge >= 0.3 is 0 Å². The van der Waals surface area contributed by atoms with Crippen molar-refractivity contribution < 1.29 is 13.7 Å². The summed E-state index contributed by atoms with van der Waals surface area (Å²) >= 11 is 1.47. The number of nitrogens with zero attached hydrogens (tertiary/aromatic N) is 3. The maximum Gasteiger partial charge on any atom is 0.225 e. The van der Waals surface area contributed by atoms with Gasteiger partial charge in [0.2, 0.25) is 5.91 Å². The number of nitrogens with one attached hydrogen (secondary N) is 1. The van der Waals surface area contributed by atoms with Gasteiger partial charge in [0, 0.05) is 29.1 Å². The van der Waals surface area contributed by atoms with Crippen LogP contribution in [-0.4, -0.2) is 20.4 Å². The third-order valence-electron chi connectivity index (χ3n) is 4.42. The summed E-state index contributed by atoms with van der Waals surface area (Å²) in [5.74, 6) is 0.870. The Kier molecular flexibility index (Phi) is 4.49. The number of carbonyl (C=O) groups is 1. The number of hydrogen-bond acceptors (Lipinski definition) is 5. The maximum absolute atomic E-state index is 13.3. The third-order valence-corrected chi connectivity index (χ3v) is 5.18. The van der Waals surface area contributed by atoms with Gasteiger partial charge < -0.3 is 9.84 Å². The molecule has 0 aliphatic heterocycles. The van der Waals surface area contributed by atoms with E-state index in [-0.39, 0.29) is 11.7 Å². The third kappa shape index (κ3) is 3.35. The Morgan fingerprint density at radius 3 is 2.78 bits per heavy atom. The zero-order valence-corrected chi connectivity index (χ0v) is 15.6. The van der Waals surface area contributed by atoms with Gasteiger partial charge in [-0.15, -0.1) is 11.3 Å². The largest absolute Gasteiger partial charge is 0.361 e. The molecule has 0 aliphatic rings. The fourth-order valence-electron chi connectivity index (χ4n) is 3.01. The van der Waals surface area contributed by atoms with Crippen molar-refractivity contribution in [1.82, 2.24) is 14.5 Å². The van der Waals surface area contributed by atoms with Gasteiger partial charge in [0.1, 0.15) is 23.1 Å². The van der Waals surface area contributed by atoms with Crippen molar-refractivity contribution in [3.63, 3.8) is 0 Å². The summed E-state index contributed by atoms with van der Waals surface area (Å²) in [6.07, 6.45) is 2.69. The lowest BCUT2D eigenvalue weighted by molar-refractivity contribution is -0.116. The topological polar surface area (TPSA) is 72.4 Å². The zero-order chi connectivity index (χ0) is 19.0. The average molecular weight is 384 g/mol. The minimum Gasteiger partial charge on any atom is -0.361 e. The number of benzene rings is 1. The van der Waals surface area contributed by atoms with Crippen molar-refractivity contribution in [3.8, 4) is 11.3 Å². The first-order valence-electron chi connectivity index (χ1n) is 8.46. The molecule has 0 unspecified atom stereocenters. The highest BCUT2D eigenvalue weighted by Crippen LogP contribution is 2.31. The smallest absolute Gasteiger partial charge is 0.225 e. The number of anilines is 1. The number of aryl methyl sites for hydroxylation is 2. The van der Waals surface area contributed by atoms with E-state index in [1.165, 1.54) is 23.5 Å². The summed E-state index contributed by atoms with van der Waals surface area (Å²) in [6.45, 7) is 3.70. The predicted molar refractivity (Wildman–Crippen MR) is 101 cm³/mol. The van der Waals surface area contributed by atoms with Crippen molar-refractivity contribution in [2.45, 2.75) is 26.7 Å². The second-order valence-electron chi connectivity index (χ2n) is 6.22. The highest BCUT2D eigenvalue weighted by atomic mass is 32.1. The molecule has 8 heteroatoms. The van der Waals surface area contributed by atoms with Gasteiger partial charge in [-0.05, 0) is 44.5 Å². The van der Waals surface area contributed by atoms with Crippen LogP contribution in [0.1, 0.15) is 23.4 Å². The van der Waals surface area contributed by atoms with Crippen LogP contribution in [0, 0.1) is 19.7 Å². The van der Waals surface area contributed by atoms with Crippen LogP contribution in [-0.2, 0) is 11.2 Å². The SMILES string of the molecule is Cc1noc(C)c1CCC(=O)Nc1c(-c2ccc(F)cc2)nc2sccn12. The first-order chi connectivity index (χ1) is 13.0. The van der Waals surface area contributed by atoms with E-state index >= 15 is 0 Å². The number of rotatable bonds is 5. The van der Waals surface area contributed by atoms with Gasteiger partial charge in [-0.1, -0.05) is 5.16 Å². The van der Waals surface area contributed by atoms with Crippen molar-refractivity contribution in [1.29, 1.82) is 0 Å². The van der Waals surface area contributed by atoms with E-state index < -0.39 is 0 Å². The molecule has 27 heavy (non-hydrogen) atoms. The number of halogens is 1. The second kappa shape index (κ2) is 6.96. The number of thiazole rings is 1. The molecule has 138 valence electrons. The summed E-state index contributed by atoms with van der Waals surface area (Å²) < 4.78 is 20.2. The Morgan fingerprint density at radius 2 is 2.07 bits per heavy atom. The molecule has 0 aliphatic carbocycles. The molecule has 0 saturated carbocycles. The lowest BCUT2D eigenvalue weighted by Gasteiger charge is -2.07. The second-order valence-corrected chi connectivity index (χ2v) is 7.10. The van der Waals surface area contributed by atoms with Gasteiger partial charge in [0.05, 0.1) is 5.69 Å². The zero-order valence-electron chi connectivity index (χ0n) is 14.8. The van der Waals surface area contributed by atoms with E-state index in [4.69, 9.17) is 4.52 Å². The minimum atomic E-state index is -0.315. The highest BCUT2D eigenvalue weighted by Gasteiger charge is 2.18. The van der Waals surface area contributed by atoms with Gasteiger partial charge in [-0.25, -0.2) is 9.37 Å². The van der Waals surface area contributed by atoms with E-state index in [0.29, 0.717) is 24.4 Å². The summed E-state index contributed by atoms with van der Waals surface area (Å²) in [7, 11) is 0. The molecule has 1 amide bonds. The van der Waals surface area contributed by atoms with Crippen molar-refractivity contribution in [3.05, 3.63) is 58.7 Å². The van der Waals surface area contributed by atoms with E-state index in [1.54, 1.807) is 12.1 Å². The molecule has 0 fully saturated rings. The minimum absolute atomic E-state index is 0.133. The molecule has 4 aromatic rings. The Hall–Kier alpha value is -3.00. The number of hydrogen-bond donors (Lipinski definition) is 1. The molecular formula is C19H17FN4O2S. The fraction of sp³-hybridized carbons (Fsp3) is 0.211. The normalized spacial score (nSPS) is 11.2. The molecule has 3 heterocycles. The highest BCUT2D eigenvalue weighted by molar-refractivity contribution is 7.15. The Balaban J connectivity index is 1.59. The Bertz CT molecular complexity index is 1090. The van der Waals surface area contributed by atoms with Crippen molar-refractivity contribution in [2.24, 2.45) is 0 Å². The molecule has 0 atom stereocenters. The van der Waals surface area contributed by atoms with Crippen LogP contribution < -0.4 is 5.32 Å². The Labute approximate surface area is 158 Å². The van der Waals surface area contributed by atoms with Crippen LogP contribution in [0.25, 0.3) is 16.2 Å². The standard InChI is InChI=1S/C19H17FN4O2S/c1-11-15(12(2)26-23-11)7-8-16(25)21-18-17(13-3-5-14(20)6-4-13)22-19-24(18)9-10-27-19/h3-6,9-10H,7-8H2,1-2H3,(H,21,25). The van der Waals surface area contributed by atoms with E-state index in [1.807, 2.05) is 29.8 Å². The molecule has 0 saturated heterocycles. The molecular weight excluding hydrogens is 367 g/mol. The van der Waals surface area contributed by atoms with E-state index in [0.717, 1.165) is 27.5 Å². The molecule has 1 aromatic carbocycles. The number of imidazole rings is 1. The van der Waals surface area contributed by atoms with E-state index in [9.17, 15) is 9.18 Å². The van der Waals surface area contributed by atoms with Crippen LogP contribution in [0.5, 0.6) is 0 Å². The van der Waals surface area contributed by atoms with Gasteiger partial charge in [0.15, 0.2) is 4.96 Å². The van der Waals surface area contributed by atoms with Gasteiger partial charge in [-0.2, -0.15) is 0 Å². The lowest BCUT2D eigenvalue weighted by atomic mass is 10.1. The Morgan fingerprint density at radius 1 is 1.30 bits per heavy atom. The molecule has 0 bridgehead atoms. The van der Waals surface area contributed by atoms with Crippen LogP contribution in [0.15, 0.2) is 40.4 Å². The average Bonchev–Trinajstić information content (AvgIpc) is 3.31. The fourth-order valence-corrected chi connectivity index (χ4v) is 3.72. The van der Waals surface area contributed by atoms with Crippen LogP contribution in [0.3, 0.4) is 0 Å². The summed E-state index contributed by atoms with van der Waals surface area (Å²) in [5.41, 5.74) is 3.12. The predicted octanol–water partition coefficient (Wildman–Crippen LogP) is 4.38. The summed E-state index contributed by atoms with van der Waals surface area (Å²) in [4.78, 5) is 17.9. The van der Waals surface area contributed by atoms with E-state index in [2.05, 4.69) is 15.5 Å². The summed E-state index contributed by atoms with van der Waals surface area (Å²) in [6, 6.07) is 6.07. The number of aromatic nitrogens is 3. The molecule has 6 nitrogen and oxygen atoms in total. The molecule has 4 rings (SSSR count).